The first-order valence-corrected chi connectivity index (χ1v) is 6.35. The molecule has 1 aromatic carbocycles. The molecule has 1 N–H and O–H groups in total. The molecule has 1 rings (SSSR count). The Morgan fingerprint density at radius 2 is 2.00 bits per heavy atom. The van der Waals surface area contributed by atoms with E-state index in [1.807, 2.05) is 0 Å². The van der Waals surface area contributed by atoms with E-state index in [-0.39, 0.29) is 6.04 Å². The van der Waals surface area contributed by atoms with Crippen LogP contribution in [0.5, 0.6) is 0 Å². The molecule has 0 aliphatic rings. The van der Waals surface area contributed by atoms with Crippen molar-refractivity contribution in [2.45, 2.75) is 18.9 Å². The molecule has 1 unspecified atom stereocenters. The van der Waals surface area contributed by atoms with Crippen LogP contribution in [0.4, 0.5) is 8.78 Å². The number of likely N-dealkylation sites (N-methyl/N-ethyl adjacent to an activating group) is 1. The van der Waals surface area contributed by atoms with Gasteiger partial charge in [0.1, 0.15) is 0 Å². The zero-order valence-electron chi connectivity index (χ0n) is 11.4. The van der Waals surface area contributed by atoms with E-state index in [1.165, 1.54) is 6.07 Å². The molecule has 19 heavy (non-hydrogen) atoms. The fourth-order valence-electron chi connectivity index (χ4n) is 1.79. The third-order valence-electron chi connectivity index (χ3n) is 2.95. The lowest BCUT2D eigenvalue weighted by atomic mass is 10.0. The summed E-state index contributed by atoms with van der Waals surface area (Å²) < 4.78 is 36.9. The molecule has 5 heteroatoms. The minimum absolute atomic E-state index is 0.0545. The highest BCUT2D eigenvalue weighted by atomic mass is 19.2. The van der Waals surface area contributed by atoms with Gasteiger partial charge in [-0.05, 0) is 31.5 Å². The van der Waals surface area contributed by atoms with Crippen molar-refractivity contribution in [1.29, 1.82) is 0 Å². The van der Waals surface area contributed by atoms with Crippen LogP contribution in [-0.2, 0) is 15.9 Å². The topological polar surface area (TPSA) is 30.5 Å². The number of benzene rings is 1. The second-order valence-corrected chi connectivity index (χ2v) is 4.30. The van der Waals surface area contributed by atoms with E-state index in [0.717, 1.165) is 12.5 Å². The Balaban J connectivity index is 2.41. The lowest BCUT2D eigenvalue weighted by Gasteiger charge is -2.16. The van der Waals surface area contributed by atoms with Gasteiger partial charge in [0.15, 0.2) is 11.6 Å². The molecule has 0 fully saturated rings. The molecule has 1 aromatic rings. The van der Waals surface area contributed by atoms with Gasteiger partial charge in [0.05, 0.1) is 13.2 Å². The molecule has 0 saturated carbocycles. The fourth-order valence-corrected chi connectivity index (χ4v) is 1.79. The number of hydrogen-bond donors (Lipinski definition) is 1. The Morgan fingerprint density at radius 1 is 1.21 bits per heavy atom. The van der Waals surface area contributed by atoms with Crippen molar-refractivity contribution >= 4 is 0 Å². The molecule has 0 radical (unpaired) electrons. The van der Waals surface area contributed by atoms with Crippen LogP contribution < -0.4 is 5.32 Å². The Kier molecular flexibility index (Phi) is 7.55. The summed E-state index contributed by atoms with van der Waals surface area (Å²) in [4.78, 5) is 0. The number of ether oxygens (including phenoxy) is 2. The Morgan fingerprint density at radius 3 is 2.68 bits per heavy atom. The maximum absolute atomic E-state index is 13.5. The Labute approximate surface area is 112 Å². The summed E-state index contributed by atoms with van der Waals surface area (Å²) in [6, 6.07) is 4.31. The standard InChI is InChI=1S/C14H21F2NO2/c1-17-12(6-7-19-9-8-18-2)10-11-4-3-5-13(15)14(11)16/h3-5,12,17H,6-10H2,1-2H3. The van der Waals surface area contributed by atoms with Gasteiger partial charge in [0.2, 0.25) is 0 Å². The summed E-state index contributed by atoms with van der Waals surface area (Å²) in [5.41, 5.74) is 0.385. The average Bonchev–Trinajstić information content (AvgIpc) is 2.42. The van der Waals surface area contributed by atoms with Crippen molar-refractivity contribution in [3.05, 3.63) is 35.4 Å². The maximum Gasteiger partial charge on any atom is 0.162 e. The van der Waals surface area contributed by atoms with Gasteiger partial charge < -0.3 is 14.8 Å². The third-order valence-corrected chi connectivity index (χ3v) is 2.95. The lowest BCUT2D eigenvalue weighted by Crippen LogP contribution is -2.29. The molecule has 0 aromatic heterocycles. The minimum Gasteiger partial charge on any atom is -0.382 e. The molecule has 0 saturated heterocycles. The normalized spacial score (nSPS) is 12.6. The monoisotopic (exact) mass is 273 g/mol. The molecule has 108 valence electrons. The second-order valence-electron chi connectivity index (χ2n) is 4.30. The fraction of sp³-hybridized carbons (Fsp3) is 0.571. The van der Waals surface area contributed by atoms with E-state index in [4.69, 9.17) is 9.47 Å². The summed E-state index contributed by atoms with van der Waals surface area (Å²) in [6.45, 7) is 1.66. The van der Waals surface area contributed by atoms with Crippen molar-refractivity contribution < 1.29 is 18.3 Å². The molecule has 0 bridgehead atoms. The molecule has 0 heterocycles. The van der Waals surface area contributed by atoms with Gasteiger partial charge in [0.25, 0.3) is 0 Å². The first-order chi connectivity index (χ1) is 9.19. The average molecular weight is 273 g/mol. The van der Waals surface area contributed by atoms with Crippen LogP contribution in [0.3, 0.4) is 0 Å². The largest absolute Gasteiger partial charge is 0.382 e. The molecule has 0 aliphatic carbocycles. The maximum atomic E-state index is 13.5. The van der Waals surface area contributed by atoms with E-state index in [2.05, 4.69) is 5.32 Å². The summed E-state index contributed by atoms with van der Waals surface area (Å²) in [5, 5.41) is 3.09. The van der Waals surface area contributed by atoms with E-state index in [0.29, 0.717) is 31.8 Å². The number of nitrogens with one attached hydrogen (secondary N) is 1. The van der Waals surface area contributed by atoms with Crippen LogP contribution in [0.15, 0.2) is 18.2 Å². The van der Waals surface area contributed by atoms with Gasteiger partial charge in [-0.25, -0.2) is 8.78 Å². The molecule has 0 spiro atoms. The van der Waals surface area contributed by atoms with Crippen LogP contribution in [0, 0.1) is 11.6 Å². The highest BCUT2D eigenvalue weighted by Gasteiger charge is 2.13. The van der Waals surface area contributed by atoms with Crippen LogP contribution in [-0.4, -0.2) is 40.0 Å². The zero-order chi connectivity index (χ0) is 14.1. The van der Waals surface area contributed by atoms with E-state index in [1.54, 1.807) is 20.2 Å². The van der Waals surface area contributed by atoms with E-state index < -0.39 is 11.6 Å². The lowest BCUT2D eigenvalue weighted by molar-refractivity contribution is 0.0661. The Bertz CT molecular complexity index is 374. The van der Waals surface area contributed by atoms with E-state index in [9.17, 15) is 8.78 Å². The van der Waals surface area contributed by atoms with Gasteiger partial charge in [-0.1, -0.05) is 12.1 Å². The highest BCUT2D eigenvalue weighted by molar-refractivity contribution is 5.20. The van der Waals surface area contributed by atoms with Crippen molar-refractivity contribution in [2.75, 3.05) is 34.0 Å². The van der Waals surface area contributed by atoms with Gasteiger partial charge in [-0.3, -0.25) is 0 Å². The first kappa shape index (κ1) is 16.0. The van der Waals surface area contributed by atoms with Crippen LogP contribution in [0.2, 0.25) is 0 Å². The van der Waals surface area contributed by atoms with Crippen molar-refractivity contribution in [3.8, 4) is 0 Å². The van der Waals surface area contributed by atoms with Crippen molar-refractivity contribution in [2.24, 2.45) is 0 Å². The number of hydrogen-bond acceptors (Lipinski definition) is 3. The SMILES string of the molecule is CNC(CCOCCOC)Cc1cccc(F)c1F. The number of halogens is 2. The molecule has 1 atom stereocenters. The van der Waals surface area contributed by atoms with Crippen molar-refractivity contribution in [3.63, 3.8) is 0 Å². The quantitative estimate of drug-likeness (QED) is 0.699. The number of rotatable bonds is 9. The molecular formula is C14H21F2NO2. The van der Waals surface area contributed by atoms with Crippen LogP contribution >= 0.6 is 0 Å². The summed E-state index contributed by atoms with van der Waals surface area (Å²) >= 11 is 0. The van der Waals surface area contributed by atoms with Crippen LogP contribution in [0.25, 0.3) is 0 Å². The first-order valence-electron chi connectivity index (χ1n) is 6.35. The molecule has 3 nitrogen and oxygen atoms in total. The predicted octanol–water partition coefficient (Wildman–Crippen LogP) is 2.15. The van der Waals surface area contributed by atoms with Gasteiger partial charge >= 0.3 is 0 Å². The highest BCUT2D eigenvalue weighted by Crippen LogP contribution is 2.14. The third kappa shape index (κ3) is 5.63. The minimum atomic E-state index is -0.802. The molecule has 0 amide bonds. The zero-order valence-corrected chi connectivity index (χ0v) is 11.4. The predicted molar refractivity (Wildman–Crippen MR) is 70.2 cm³/mol. The smallest absolute Gasteiger partial charge is 0.162 e. The van der Waals surface area contributed by atoms with Crippen molar-refractivity contribution in [1.82, 2.24) is 5.32 Å². The Hall–Kier alpha value is -1.04. The number of methoxy groups -OCH3 is 1. The van der Waals surface area contributed by atoms with Gasteiger partial charge in [-0.15, -0.1) is 0 Å². The molecule has 0 aliphatic heterocycles. The van der Waals surface area contributed by atoms with Gasteiger partial charge in [-0.2, -0.15) is 0 Å². The van der Waals surface area contributed by atoms with Gasteiger partial charge in [0, 0.05) is 19.8 Å². The second kappa shape index (κ2) is 8.96. The van der Waals surface area contributed by atoms with E-state index >= 15 is 0 Å². The van der Waals surface area contributed by atoms with Crippen LogP contribution in [0.1, 0.15) is 12.0 Å². The summed E-state index contributed by atoms with van der Waals surface area (Å²) in [6.07, 6.45) is 1.17. The summed E-state index contributed by atoms with van der Waals surface area (Å²) in [7, 11) is 3.42. The summed E-state index contributed by atoms with van der Waals surface area (Å²) in [5.74, 6) is -1.56. The molecular weight excluding hydrogens is 252 g/mol.